The van der Waals surface area contributed by atoms with Crippen LogP contribution in [0.25, 0.3) is 0 Å². The second-order valence-corrected chi connectivity index (χ2v) is 5.26. The van der Waals surface area contributed by atoms with Crippen LogP contribution < -0.4 is 5.73 Å². The second-order valence-electron chi connectivity index (χ2n) is 5.26. The van der Waals surface area contributed by atoms with Gasteiger partial charge in [0.05, 0.1) is 0 Å². The van der Waals surface area contributed by atoms with Crippen molar-refractivity contribution in [3.63, 3.8) is 0 Å². The molecule has 2 saturated carbocycles. The van der Waals surface area contributed by atoms with Crippen molar-refractivity contribution in [2.45, 2.75) is 50.1 Å². The standard InChI is InChI=1S/C11H20N2/c12-11(5-6-11)10(9-3-1-4-9)13-7-2-8-13/h9-10H,1-8,12H2. The first kappa shape index (κ1) is 8.25. The Morgan fingerprint density at radius 1 is 1.15 bits per heavy atom. The van der Waals surface area contributed by atoms with Crippen molar-refractivity contribution in [2.24, 2.45) is 11.7 Å². The Bertz CT molecular complexity index is 188. The van der Waals surface area contributed by atoms with Gasteiger partial charge in [0.15, 0.2) is 0 Å². The highest BCUT2D eigenvalue weighted by atomic mass is 15.2. The largest absolute Gasteiger partial charge is 0.324 e. The quantitative estimate of drug-likeness (QED) is 0.710. The first-order chi connectivity index (χ1) is 6.30. The van der Waals surface area contributed by atoms with Crippen molar-refractivity contribution >= 4 is 0 Å². The van der Waals surface area contributed by atoms with E-state index in [0.717, 1.165) is 12.0 Å². The molecule has 0 radical (unpaired) electrons. The zero-order valence-electron chi connectivity index (χ0n) is 8.34. The number of rotatable bonds is 3. The molecule has 0 aromatic heterocycles. The summed E-state index contributed by atoms with van der Waals surface area (Å²) in [5.41, 5.74) is 6.61. The lowest BCUT2D eigenvalue weighted by Crippen LogP contribution is -2.59. The molecule has 1 atom stereocenters. The summed E-state index contributed by atoms with van der Waals surface area (Å²) >= 11 is 0. The highest BCUT2D eigenvalue weighted by Crippen LogP contribution is 2.47. The molecule has 0 aromatic carbocycles. The maximum absolute atomic E-state index is 6.37. The summed E-state index contributed by atoms with van der Waals surface area (Å²) in [5.74, 6) is 0.952. The summed E-state index contributed by atoms with van der Waals surface area (Å²) in [6.45, 7) is 2.64. The summed E-state index contributed by atoms with van der Waals surface area (Å²) in [6.07, 6.45) is 8.31. The number of hydrogen-bond donors (Lipinski definition) is 1. The Balaban J connectivity index is 1.72. The average Bonchev–Trinajstić information content (AvgIpc) is 2.60. The third-order valence-corrected chi connectivity index (χ3v) is 4.30. The normalized spacial score (nSPS) is 34.8. The smallest absolute Gasteiger partial charge is 0.0316 e. The number of nitrogens with zero attached hydrogens (tertiary/aromatic N) is 1. The molecule has 2 aliphatic carbocycles. The van der Waals surface area contributed by atoms with Gasteiger partial charge >= 0.3 is 0 Å². The van der Waals surface area contributed by atoms with Crippen LogP contribution in [0.4, 0.5) is 0 Å². The molecule has 1 unspecified atom stereocenters. The maximum atomic E-state index is 6.37. The molecular weight excluding hydrogens is 160 g/mol. The molecule has 3 rings (SSSR count). The lowest BCUT2D eigenvalue weighted by atomic mass is 9.74. The van der Waals surface area contributed by atoms with Gasteiger partial charge < -0.3 is 5.73 Å². The fourth-order valence-corrected chi connectivity index (χ4v) is 2.95. The van der Waals surface area contributed by atoms with E-state index in [1.807, 2.05) is 0 Å². The predicted octanol–water partition coefficient (Wildman–Crippen LogP) is 1.35. The van der Waals surface area contributed by atoms with E-state index in [1.54, 1.807) is 0 Å². The molecule has 3 fully saturated rings. The maximum Gasteiger partial charge on any atom is 0.0316 e. The zero-order chi connectivity index (χ0) is 8.89. The van der Waals surface area contributed by atoms with Crippen molar-refractivity contribution in [3.8, 4) is 0 Å². The fraction of sp³-hybridized carbons (Fsp3) is 1.00. The minimum atomic E-state index is 0.242. The van der Waals surface area contributed by atoms with E-state index in [9.17, 15) is 0 Å². The molecule has 1 heterocycles. The van der Waals surface area contributed by atoms with Gasteiger partial charge in [0.25, 0.3) is 0 Å². The third-order valence-electron chi connectivity index (χ3n) is 4.30. The van der Waals surface area contributed by atoms with E-state index in [1.165, 1.54) is 51.6 Å². The van der Waals surface area contributed by atoms with Crippen LogP contribution in [-0.4, -0.2) is 29.6 Å². The Labute approximate surface area is 80.5 Å². The minimum absolute atomic E-state index is 0.242. The number of likely N-dealkylation sites (tertiary alicyclic amines) is 1. The van der Waals surface area contributed by atoms with Crippen LogP contribution in [0.3, 0.4) is 0 Å². The first-order valence-electron chi connectivity index (χ1n) is 5.82. The molecule has 0 amide bonds. The van der Waals surface area contributed by atoms with Crippen LogP contribution in [-0.2, 0) is 0 Å². The van der Waals surface area contributed by atoms with Gasteiger partial charge in [-0.2, -0.15) is 0 Å². The fourth-order valence-electron chi connectivity index (χ4n) is 2.95. The Kier molecular flexibility index (Phi) is 1.72. The van der Waals surface area contributed by atoms with Gasteiger partial charge in [0.1, 0.15) is 0 Å². The van der Waals surface area contributed by atoms with Crippen molar-refractivity contribution < 1.29 is 0 Å². The topological polar surface area (TPSA) is 29.3 Å². The van der Waals surface area contributed by atoms with E-state index in [-0.39, 0.29) is 5.54 Å². The van der Waals surface area contributed by atoms with Gasteiger partial charge in [-0.3, -0.25) is 4.90 Å². The molecule has 13 heavy (non-hydrogen) atoms. The molecule has 2 N–H and O–H groups in total. The second kappa shape index (κ2) is 2.71. The lowest BCUT2D eigenvalue weighted by molar-refractivity contribution is 0.0251. The Morgan fingerprint density at radius 3 is 2.15 bits per heavy atom. The predicted molar refractivity (Wildman–Crippen MR) is 53.5 cm³/mol. The van der Waals surface area contributed by atoms with Crippen molar-refractivity contribution in [1.29, 1.82) is 0 Å². The van der Waals surface area contributed by atoms with Crippen LogP contribution in [0, 0.1) is 5.92 Å². The van der Waals surface area contributed by atoms with Crippen molar-refractivity contribution in [2.75, 3.05) is 13.1 Å². The molecule has 3 aliphatic rings. The lowest BCUT2D eigenvalue weighted by Gasteiger charge is -2.48. The first-order valence-corrected chi connectivity index (χ1v) is 5.82. The van der Waals surface area contributed by atoms with Gasteiger partial charge in [-0.15, -0.1) is 0 Å². The van der Waals surface area contributed by atoms with E-state index in [0.29, 0.717) is 0 Å². The molecule has 74 valence electrons. The summed E-state index contributed by atoms with van der Waals surface area (Å²) < 4.78 is 0. The molecule has 0 aromatic rings. The van der Waals surface area contributed by atoms with Crippen LogP contribution in [0.15, 0.2) is 0 Å². The van der Waals surface area contributed by atoms with Gasteiger partial charge in [0.2, 0.25) is 0 Å². The molecule has 2 heteroatoms. The van der Waals surface area contributed by atoms with Gasteiger partial charge in [-0.25, -0.2) is 0 Å². The monoisotopic (exact) mass is 180 g/mol. The molecular formula is C11H20N2. The molecule has 2 nitrogen and oxygen atoms in total. The summed E-state index contributed by atoms with van der Waals surface area (Å²) in [4.78, 5) is 2.65. The van der Waals surface area contributed by atoms with Gasteiger partial charge in [-0.05, 0) is 51.1 Å². The molecule has 0 spiro atoms. The van der Waals surface area contributed by atoms with E-state index in [4.69, 9.17) is 5.73 Å². The molecule has 0 bridgehead atoms. The highest BCUT2D eigenvalue weighted by Gasteiger charge is 2.53. The average molecular weight is 180 g/mol. The highest BCUT2D eigenvalue weighted by molar-refractivity contribution is 5.12. The van der Waals surface area contributed by atoms with E-state index in [2.05, 4.69) is 4.90 Å². The number of hydrogen-bond acceptors (Lipinski definition) is 2. The Hall–Kier alpha value is -0.0800. The zero-order valence-corrected chi connectivity index (χ0v) is 8.34. The van der Waals surface area contributed by atoms with E-state index >= 15 is 0 Å². The number of nitrogens with two attached hydrogens (primary N) is 1. The summed E-state index contributed by atoms with van der Waals surface area (Å²) in [5, 5.41) is 0. The molecule has 1 saturated heterocycles. The van der Waals surface area contributed by atoms with Crippen LogP contribution >= 0.6 is 0 Å². The van der Waals surface area contributed by atoms with Crippen LogP contribution in [0.5, 0.6) is 0 Å². The minimum Gasteiger partial charge on any atom is -0.324 e. The van der Waals surface area contributed by atoms with Gasteiger partial charge in [-0.1, -0.05) is 6.42 Å². The van der Waals surface area contributed by atoms with Crippen molar-refractivity contribution in [3.05, 3.63) is 0 Å². The van der Waals surface area contributed by atoms with Crippen LogP contribution in [0.2, 0.25) is 0 Å². The molecule has 1 aliphatic heterocycles. The third kappa shape index (κ3) is 1.23. The van der Waals surface area contributed by atoms with Crippen LogP contribution in [0.1, 0.15) is 38.5 Å². The summed E-state index contributed by atoms with van der Waals surface area (Å²) in [7, 11) is 0. The Morgan fingerprint density at radius 2 is 1.85 bits per heavy atom. The van der Waals surface area contributed by atoms with Crippen molar-refractivity contribution in [1.82, 2.24) is 4.90 Å². The van der Waals surface area contributed by atoms with E-state index < -0.39 is 0 Å². The summed E-state index contributed by atoms with van der Waals surface area (Å²) in [6, 6.07) is 0.759. The SMILES string of the molecule is NC1(C(C2CCC2)N2CCC2)CC1. The van der Waals surface area contributed by atoms with Gasteiger partial charge in [0, 0.05) is 11.6 Å².